The minimum atomic E-state index is 0.426. The maximum atomic E-state index is 5.69. The van der Waals surface area contributed by atoms with Gasteiger partial charge in [-0.1, -0.05) is 0 Å². The van der Waals surface area contributed by atoms with Crippen LogP contribution in [0.25, 0.3) is 0 Å². The molecule has 3 rings (SSSR count). The Bertz CT molecular complexity index is 448. The van der Waals surface area contributed by atoms with Crippen molar-refractivity contribution in [1.82, 2.24) is 10.2 Å². The first kappa shape index (κ1) is 11.8. The third kappa shape index (κ3) is 1.95. The van der Waals surface area contributed by atoms with Crippen LogP contribution >= 0.6 is 0 Å². The van der Waals surface area contributed by atoms with E-state index < -0.39 is 0 Å². The van der Waals surface area contributed by atoms with Gasteiger partial charge in [-0.3, -0.25) is 4.90 Å². The van der Waals surface area contributed by atoms with Gasteiger partial charge in [0, 0.05) is 19.1 Å². The van der Waals surface area contributed by atoms with E-state index in [0.29, 0.717) is 19.3 Å². The van der Waals surface area contributed by atoms with Gasteiger partial charge in [0.1, 0.15) is 13.2 Å². The Morgan fingerprint density at radius 3 is 2.72 bits per heavy atom. The summed E-state index contributed by atoms with van der Waals surface area (Å²) >= 11 is 0. The van der Waals surface area contributed by atoms with E-state index in [1.54, 1.807) is 0 Å². The molecule has 2 aliphatic heterocycles. The fraction of sp³-hybridized carbons (Fsp3) is 0.571. The molecule has 0 radical (unpaired) electrons. The minimum absolute atomic E-state index is 0.426. The number of fused-ring (bicyclic) bond motifs is 2. The molecule has 1 atom stereocenters. The first-order valence-corrected chi connectivity index (χ1v) is 6.57. The first-order chi connectivity index (χ1) is 8.79. The number of nitrogens with zero attached hydrogens (tertiary/aromatic N) is 1. The molecular weight excluding hydrogens is 228 g/mol. The van der Waals surface area contributed by atoms with Gasteiger partial charge in [-0.15, -0.1) is 0 Å². The second-order valence-corrected chi connectivity index (χ2v) is 5.00. The van der Waals surface area contributed by atoms with E-state index in [1.165, 1.54) is 11.1 Å². The number of hydrogen-bond donors (Lipinski definition) is 1. The Hall–Kier alpha value is -1.26. The standard InChI is InChI=1S/C14H20N2O2/c1-15-9-12-11-8-14-13(17-5-6-18-14)7-10(11)3-4-16(12)2/h7-8,12,15H,3-6,9H2,1-2H3. The zero-order valence-electron chi connectivity index (χ0n) is 11.0. The highest BCUT2D eigenvalue weighted by Gasteiger charge is 2.27. The van der Waals surface area contributed by atoms with E-state index in [4.69, 9.17) is 9.47 Å². The summed E-state index contributed by atoms with van der Waals surface area (Å²) in [6.07, 6.45) is 1.09. The molecule has 4 heteroatoms. The topological polar surface area (TPSA) is 33.7 Å². The second kappa shape index (κ2) is 4.78. The third-order valence-electron chi connectivity index (χ3n) is 3.83. The predicted octanol–water partition coefficient (Wildman–Crippen LogP) is 1.21. The Morgan fingerprint density at radius 2 is 2.00 bits per heavy atom. The van der Waals surface area contributed by atoms with Gasteiger partial charge in [-0.05, 0) is 43.8 Å². The highest BCUT2D eigenvalue weighted by Crippen LogP contribution is 2.38. The van der Waals surface area contributed by atoms with Crippen molar-refractivity contribution in [3.63, 3.8) is 0 Å². The molecule has 1 aromatic carbocycles. The molecule has 0 amide bonds. The lowest BCUT2D eigenvalue weighted by Crippen LogP contribution is -2.37. The molecule has 0 spiro atoms. The van der Waals surface area contributed by atoms with Crippen LogP contribution in [0.4, 0.5) is 0 Å². The van der Waals surface area contributed by atoms with Gasteiger partial charge in [-0.25, -0.2) is 0 Å². The zero-order valence-corrected chi connectivity index (χ0v) is 11.0. The molecule has 0 saturated heterocycles. The number of ether oxygens (including phenoxy) is 2. The van der Waals surface area contributed by atoms with Crippen LogP contribution in [0.5, 0.6) is 11.5 Å². The van der Waals surface area contributed by atoms with E-state index in [1.807, 2.05) is 7.05 Å². The van der Waals surface area contributed by atoms with E-state index in [9.17, 15) is 0 Å². The van der Waals surface area contributed by atoms with Crippen molar-refractivity contribution in [2.45, 2.75) is 12.5 Å². The molecule has 1 aromatic rings. The van der Waals surface area contributed by atoms with Gasteiger partial charge in [0.2, 0.25) is 0 Å². The molecule has 18 heavy (non-hydrogen) atoms. The number of nitrogens with one attached hydrogen (secondary N) is 1. The lowest BCUT2D eigenvalue weighted by atomic mass is 9.92. The van der Waals surface area contributed by atoms with Crippen LogP contribution in [-0.2, 0) is 6.42 Å². The van der Waals surface area contributed by atoms with E-state index in [0.717, 1.165) is 31.0 Å². The number of hydrogen-bond acceptors (Lipinski definition) is 4. The van der Waals surface area contributed by atoms with Gasteiger partial charge < -0.3 is 14.8 Å². The average Bonchev–Trinajstić information content (AvgIpc) is 2.40. The van der Waals surface area contributed by atoms with Gasteiger partial charge in [0.15, 0.2) is 11.5 Å². The molecule has 4 nitrogen and oxygen atoms in total. The summed E-state index contributed by atoms with van der Waals surface area (Å²) < 4.78 is 11.3. The average molecular weight is 248 g/mol. The second-order valence-electron chi connectivity index (χ2n) is 5.00. The molecule has 2 heterocycles. The molecule has 2 aliphatic rings. The Kier molecular flexibility index (Phi) is 3.14. The molecule has 0 saturated carbocycles. The Morgan fingerprint density at radius 1 is 1.28 bits per heavy atom. The predicted molar refractivity (Wildman–Crippen MR) is 70.4 cm³/mol. The van der Waals surface area contributed by atoms with E-state index >= 15 is 0 Å². The quantitative estimate of drug-likeness (QED) is 0.853. The summed E-state index contributed by atoms with van der Waals surface area (Å²) in [5, 5.41) is 3.28. The van der Waals surface area contributed by atoms with Gasteiger partial charge in [-0.2, -0.15) is 0 Å². The largest absolute Gasteiger partial charge is 0.486 e. The zero-order chi connectivity index (χ0) is 12.5. The van der Waals surface area contributed by atoms with Gasteiger partial charge >= 0.3 is 0 Å². The monoisotopic (exact) mass is 248 g/mol. The van der Waals surface area contributed by atoms with Gasteiger partial charge in [0.05, 0.1) is 0 Å². The summed E-state index contributed by atoms with van der Waals surface area (Å²) in [5.74, 6) is 1.81. The van der Waals surface area contributed by atoms with Crippen LogP contribution in [0.2, 0.25) is 0 Å². The lowest BCUT2D eigenvalue weighted by molar-refractivity contribution is 0.168. The van der Waals surface area contributed by atoms with Crippen molar-refractivity contribution < 1.29 is 9.47 Å². The van der Waals surface area contributed by atoms with Crippen molar-refractivity contribution in [2.75, 3.05) is 40.4 Å². The third-order valence-corrected chi connectivity index (χ3v) is 3.83. The molecule has 0 bridgehead atoms. The van der Waals surface area contributed by atoms with Gasteiger partial charge in [0.25, 0.3) is 0 Å². The fourth-order valence-corrected chi connectivity index (χ4v) is 2.82. The molecular formula is C14H20N2O2. The number of likely N-dealkylation sites (N-methyl/N-ethyl adjacent to an activating group) is 2. The fourth-order valence-electron chi connectivity index (χ4n) is 2.82. The van der Waals surface area contributed by atoms with Crippen LogP contribution in [0.1, 0.15) is 17.2 Å². The Labute approximate surface area is 108 Å². The highest BCUT2D eigenvalue weighted by molar-refractivity contribution is 5.50. The molecule has 0 fully saturated rings. The van der Waals surface area contributed by atoms with E-state index in [-0.39, 0.29) is 0 Å². The van der Waals surface area contributed by atoms with Crippen molar-refractivity contribution in [3.8, 4) is 11.5 Å². The summed E-state index contributed by atoms with van der Waals surface area (Å²) in [4.78, 5) is 2.40. The molecule has 0 aromatic heterocycles. The van der Waals surface area contributed by atoms with Crippen molar-refractivity contribution in [2.24, 2.45) is 0 Å². The van der Waals surface area contributed by atoms with Crippen LogP contribution in [0.15, 0.2) is 12.1 Å². The summed E-state index contributed by atoms with van der Waals surface area (Å²) in [7, 11) is 4.18. The van der Waals surface area contributed by atoms with Crippen molar-refractivity contribution in [3.05, 3.63) is 23.3 Å². The minimum Gasteiger partial charge on any atom is -0.486 e. The maximum absolute atomic E-state index is 5.69. The molecule has 1 N–H and O–H groups in total. The first-order valence-electron chi connectivity index (χ1n) is 6.57. The summed E-state index contributed by atoms with van der Waals surface area (Å²) in [6.45, 7) is 3.37. The van der Waals surface area contributed by atoms with Crippen LogP contribution < -0.4 is 14.8 Å². The smallest absolute Gasteiger partial charge is 0.161 e. The number of benzene rings is 1. The molecule has 98 valence electrons. The van der Waals surface area contributed by atoms with Crippen LogP contribution in [0, 0.1) is 0 Å². The SMILES string of the molecule is CNCC1c2cc3c(cc2CCN1C)OCCO3. The normalized spacial score (nSPS) is 22.7. The lowest BCUT2D eigenvalue weighted by Gasteiger charge is -2.35. The maximum Gasteiger partial charge on any atom is 0.161 e. The summed E-state index contributed by atoms with van der Waals surface area (Å²) in [5.41, 5.74) is 2.78. The highest BCUT2D eigenvalue weighted by atomic mass is 16.6. The van der Waals surface area contributed by atoms with Crippen LogP contribution in [-0.4, -0.2) is 45.3 Å². The number of rotatable bonds is 2. The Balaban J connectivity index is 2.01. The van der Waals surface area contributed by atoms with Crippen molar-refractivity contribution in [1.29, 1.82) is 0 Å². The summed E-state index contributed by atoms with van der Waals surface area (Å²) in [6, 6.07) is 4.76. The molecule has 1 unspecified atom stereocenters. The van der Waals surface area contributed by atoms with Crippen molar-refractivity contribution >= 4 is 0 Å². The van der Waals surface area contributed by atoms with E-state index in [2.05, 4.69) is 29.4 Å². The van der Waals surface area contributed by atoms with Crippen LogP contribution in [0.3, 0.4) is 0 Å². The molecule has 0 aliphatic carbocycles.